The van der Waals surface area contributed by atoms with Gasteiger partial charge in [0.15, 0.2) is 11.6 Å². The maximum atomic E-state index is 14.1. The summed E-state index contributed by atoms with van der Waals surface area (Å²) >= 11 is 12.8. The van der Waals surface area contributed by atoms with Gasteiger partial charge < -0.3 is 4.74 Å². The highest BCUT2D eigenvalue weighted by atomic mass is 35.5. The summed E-state index contributed by atoms with van der Waals surface area (Å²) in [4.78, 5) is 27.7. The number of allylic oxidation sites excluding steroid dienone is 4. The molecule has 4 aliphatic carbocycles. The summed E-state index contributed by atoms with van der Waals surface area (Å²) in [6, 6.07) is 5.88. The Hall–Kier alpha value is -1.68. The number of ketones is 2. The number of carbonyl (C=O) groups is 2. The van der Waals surface area contributed by atoms with Crippen LogP contribution in [0.15, 0.2) is 51.6 Å². The van der Waals surface area contributed by atoms with Gasteiger partial charge in [0.1, 0.15) is 16.6 Å². The van der Waals surface area contributed by atoms with Crippen molar-refractivity contribution in [1.82, 2.24) is 0 Å². The third-order valence-corrected chi connectivity index (χ3v) is 7.53. The Bertz CT molecular complexity index is 1090. The van der Waals surface area contributed by atoms with Crippen molar-refractivity contribution in [2.45, 2.75) is 50.7 Å². The number of hydrogen-bond donors (Lipinski definition) is 0. The molecule has 1 aromatic carbocycles. The van der Waals surface area contributed by atoms with E-state index in [9.17, 15) is 9.59 Å². The van der Waals surface area contributed by atoms with Crippen LogP contribution in [0.25, 0.3) is 0 Å². The fourth-order valence-electron chi connectivity index (χ4n) is 5.52. The Labute approximate surface area is 174 Å². The van der Waals surface area contributed by atoms with Crippen molar-refractivity contribution in [2.24, 2.45) is 5.92 Å². The lowest BCUT2D eigenvalue weighted by atomic mass is 9.50. The number of benzene rings is 1. The van der Waals surface area contributed by atoms with Gasteiger partial charge in [-0.15, -0.1) is 0 Å². The quantitative estimate of drug-likeness (QED) is 0.656. The van der Waals surface area contributed by atoms with Crippen LogP contribution < -0.4 is 0 Å². The molecule has 144 valence electrons. The Morgan fingerprint density at radius 2 is 1.79 bits per heavy atom. The zero-order chi connectivity index (χ0) is 20.2. The van der Waals surface area contributed by atoms with Crippen molar-refractivity contribution in [3.05, 3.63) is 68.3 Å². The molecule has 1 spiro atoms. The van der Waals surface area contributed by atoms with Gasteiger partial charge in [0.25, 0.3) is 0 Å². The summed E-state index contributed by atoms with van der Waals surface area (Å²) in [6.07, 6.45) is 4.40. The lowest BCUT2D eigenvalue weighted by molar-refractivity contribution is -0.199. The number of rotatable bonds is 2. The van der Waals surface area contributed by atoms with E-state index in [1.165, 1.54) is 0 Å². The van der Waals surface area contributed by atoms with Gasteiger partial charge in [-0.3, -0.25) is 9.59 Å². The highest BCUT2D eigenvalue weighted by Gasteiger charge is 2.71. The van der Waals surface area contributed by atoms with Gasteiger partial charge in [-0.25, -0.2) is 0 Å². The first-order valence-corrected chi connectivity index (χ1v) is 10.3. The summed E-state index contributed by atoms with van der Waals surface area (Å²) < 4.78 is 6.30. The summed E-state index contributed by atoms with van der Waals surface area (Å²) in [5.74, 6) is -0.771. The van der Waals surface area contributed by atoms with E-state index in [4.69, 9.17) is 27.9 Å². The van der Waals surface area contributed by atoms with E-state index in [2.05, 4.69) is 0 Å². The zero-order valence-electron chi connectivity index (χ0n) is 16.2. The van der Waals surface area contributed by atoms with E-state index < -0.39 is 16.6 Å². The minimum atomic E-state index is -1.25. The standard InChI is InChI=1S/C23H20Cl2O3/c1-5-11-6-7-12-10-14(11)23(12)19(26)21(2,3)28-22(4,20(23)27)17-13-8-9-15(24)16(17)18(13)25/h6-10,17H,5H2,1-4H3. The summed E-state index contributed by atoms with van der Waals surface area (Å²) in [7, 11) is 0. The van der Waals surface area contributed by atoms with Crippen molar-refractivity contribution in [3.63, 3.8) is 0 Å². The molecular formula is C23H20Cl2O3. The molecule has 0 amide bonds. The molecule has 0 aromatic heterocycles. The van der Waals surface area contributed by atoms with Gasteiger partial charge in [0.05, 0.1) is 0 Å². The molecule has 4 bridgehead atoms. The maximum absolute atomic E-state index is 14.1. The monoisotopic (exact) mass is 414 g/mol. The topological polar surface area (TPSA) is 43.4 Å². The molecule has 1 saturated heterocycles. The largest absolute Gasteiger partial charge is 0.353 e. The van der Waals surface area contributed by atoms with Crippen LogP contribution in [0.2, 0.25) is 0 Å². The predicted molar refractivity (Wildman–Crippen MR) is 109 cm³/mol. The van der Waals surface area contributed by atoms with E-state index in [1.807, 2.05) is 31.2 Å². The summed E-state index contributed by atoms with van der Waals surface area (Å²) in [5.41, 5.74) is 0.588. The highest BCUT2D eigenvalue weighted by molar-refractivity contribution is 6.39. The van der Waals surface area contributed by atoms with E-state index >= 15 is 0 Å². The molecule has 1 fully saturated rings. The Morgan fingerprint density at radius 3 is 2.36 bits per heavy atom. The van der Waals surface area contributed by atoms with Gasteiger partial charge >= 0.3 is 0 Å². The predicted octanol–water partition coefficient (Wildman–Crippen LogP) is 4.74. The fourth-order valence-corrected chi connectivity index (χ4v) is 6.21. The summed E-state index contributed by atoms with van der Waals surface area (Å²) in [6.45, 7) is 7.32. The number of aryl methyl sites for hydroxylation is 1. The molecule has 1 aliphatic heterocycles. The van der Waals surface area contributed by atoms with Crippen molar-refractivity contribution >= 4 is 34.8 Å². The van der Waals surface area contributed by atoms with Gasteiger partial charge in [-0.1, -0.05) is 54.4 Å². The second-order valence-electron chi connectivity index (χ2n) is 8.65. The van der Waals surface area contributed by atoms with E-state index in [1.54, 1.807) is 26.8 Å². The molecule has 3 nitrogen and oxygen atoms in total. The molecular weight excluding hydrogens is 395 g/mol. The second-order valence-corrected chi connectivity index (χ2v) is 9.44. The molecule has 0 saturated carbocycles. The van der Waals surface area contributed by atoms with Crippen LogP contribution in [0.3, 0.4) is 0 Å². The molecule has 0 radical (unpaired) electrons. The Balaban J connectivity index is 1.71. The third kappa shape index (κ3) is 1.77. The first kappa shape index (κ1) is 18.4. The van der Waals surface area contributed by atoms with Crippen LogP contribution in [0, 0.1) is 5.92 Å². The first-order valence-electron chi connectivity index (χ1n) is 9.52. The molecule has 3 unspecified atom stereocenters. The summed E-state index contributed by atoms with van der Waals surface area (Å²) in [5, 5.41) is 1.10. The van der Waals surface area contributed by atoms with Gasteiger partial charge in [-0.05, 0) is 55.5 Å². The van der Waals surface area contributed by atoms with Gasteiger partial charge in [-0.2, -0.15) is 0 Å². The number of hydrogen-bond acceptors (Lipinski definition) is 3. The minimum absolute atomic E-state index is 0.189. The van der Waals surface area contributed by atoms with E-state index in [-0.39, 0.29) is 17.5 Å². The van der Waals surface area contributed by atoms with Crippen LogP contribution in [0.5, 0.6) is 0 Å². The van der Waals surface area contributed by atoms with Crippen molar-refractivity contribution in [2.75, 3.05) is 0 Å². The van der Waals surface area contributed by atoms with Gasteiger partial charge in [0, 0.05) is 21.6 Å². The van der Waals surface area contributed by atoms with Crippen molar-refractivity contribution in [3.8, 4) is 0 Å². The zero-order valence-corrected chi connectivity index (χ0v) is 17.7. The Kier molecular flexibility index (Phi) is 3.45. The van der Waals surface area contributed by atoms with E-state index in [0.717, 1.165) is 34.3 Å². The van der Waals surface area contributed by atoms with Crippen molar-refractivity contribution < 1.29 is 14.3 Å². The van der Waals surface area contributed by atoms with Crippen LogP contribution >= 0.6 is 23.2 Å². The lowest BCUT2D eigenvalue weighted by Crippen LogP contribution is -2.72. The smallest absolute Gasteiger partial charge is 0.187 e. The van der Waals surface area contributed by atoms with Gasteiger partial charge in [0.2, 0.25) is 0 Å². The molecule has 28 heavy (non-hydrogen) atoms. The number of halogens is 2. The van der Waals surface area contributed by atoms with Crippen molar-refractivity contribution in [1.29, 1.82) is 0 Å². The lowest BCUT2D eigenvalue weighted by Gasteiger charge is -2.58. The molecule has 5 aliphatic rings. The van der Waals surface area contributed by atoms with Crippen LogP contribution in [0.4, 0.5) is 0 Å². The molecule has 0 N–H and O–H groups in total. The third-order valence-electron chi connectivity index (χ3n) is 6.78. The number of Topliss-reactive ketones (excluding diaryl/α,β-unsaturated/α-hetero) is 2. The second kappa shape index (κ2) is 5.27. The Morgan fingerprint density at radius 1 is 1.07 bits per heavy atom. The van der Waals surface area contributed by atoms with Crippen LogP contribution in [-0.4, -0.2) is 22.8 Å². The maximum Gasteiger partial charge on any atom is 0.187 e. The molecule has 3 atom stereocenters. The highest BCUT2D eigenvalue weighted by Crippen LogP contribution is 2.61. The number of fused-ring (bicyclic) bond motifs is 4. The molecule has 1 aromatic rings. The number of ether oxygens (including phenoxy) is 1. The normalized spacial score (nSPS) is 34.7. The van der Waals surface area contributed by atoms with Crippen LogP contribution in [0.1, 0.15) is 44.4 Å². The SMILES string of the molecule is CCc1ccc2cc1C21C(=O)C(C)(C)OC(C)(C2c3ccc(Cl)c2c3Cl)C1=O. The average Bonchev–Trinajstić information content (AvgIpc) is 2.65. The van der Waals surface area contributed by atoms with Crippen LogP contribution in [-0.2, 0) is 26.2 Å². The minimum Gasteiger partial charge on any atom is -0.353 e. The average molecular weight is 415 g/mol. The molecule has 1 heterocycles. The molecule has 5 heteroatoms. The van der Waals surface area contributed by atoms with E-state index in [0.29, 0.717) is 10.1 Å². The first-order chi connectivity index (χ1) is 13.1. The number of carbonyl (C=O) groups excluding carboxylic acids is 2. The molecule has 6 rings (SSSR count). The fraction of sp³-hybridized carbons (Fsp3) is 0.391.